The third kappa shape index (κ3) is 1.66. The highest BCUT2D eigenvalue weighted by atomic mass is 16.5. The van der Waals surface area contributed by atoms with Crippen molar-refractivity contribution in [2.24, 2.45) is 0 Å². The molecule has 15 heavy (non-hydrogen) atoms. The second kappa shape index (κ2) is 3.51. The molecule has 0 spiro atoms. The van der Waals surface area contributed by atoms with Gasteiger partial charge in [0.15, 0.2) is 0 Å². The van der Waals surface area contributed by atoms with Crippen molar-refractivity contribution in [2.45, 2.75) is 12.5 Å². The van der Waals surface area contributed by atoms with E-state index in [9.17, 15) is 9.90 Å². The molecule has 0 saturated carbocycles. The highest BCUT2D eigenvalue weighted by Crippen LogP contribution is 2.13. The fourth-order valence-corrected chi connectivity index (χ4v) is 1.65. The summed E-state index contributed by atoms with van der Waals surface area (Å²) >= 11 is 0. The monoisotopic (exact) mass is 204 g/mol. The van der Waals surface area contributed by atoms with Crippen molar-refractivity contribution in [1.82, 2.24) is 0 Å². The van der Waals surface area contributed by atoms with Crippen LogP contribution in [0.25, 0.3) is 12.2 Å². The van der Waals surface area contributed by atoms with E-state index in [0.29, 0.717) is 0 Å². The Hall–Kier alpha value is -1.61. The molecule has 78 valence electrons. The first-order chi connectivity index (χ1) is 7.15. The van der Waals surface area contributed by atoms with Crippen LogP contribution in [-0.2, 0) is 9.53 Å². The van der Waals surface area contributed by atoms with Crippen molar-refractivity contribution in [3.8, 4) is 0 Å². The molecule has 0 amide bonds. The van der Waals surface area contributed by atoms with Gasteiger partial charge in [0.2, 0.25) is 5.60 Å². The van der Waals surface area contributed by atoms with Gasteiger partial charge in [-0.05, 0) is 29.5 Å². The first-order valence-corrected chi connectivity index (χ1v) is 4.86. The molecular formula is C12H12O3. The van der Waals surface area contributed by atoms with Gasteiger partial charge < -0.3 is 9.84 Å². The second-order valence-electron chi connectivity index (χ2n) is 3.46. The molecule has 1 aliphatic rings. The Morgan fingerprint density at radius 2 is 1.87 bits per heavy atom. The van der Waals surface area contributed by atoms with Crippen molar-refractivity contribution < 1.29 is 14.6 Å². The molecule has 3 nitrogen and oxygen atoms in total. The Labute approximate surface area is 87.3 Å². The highest BCUT2D eigenvalue weighted by molar-refractivity contribution is 5.96. The van der Waals surface area contributed by atoms with Gasteiger partial charge in [0.1, 0.15) is 0 Å². The number of aliphatic hydroxyl groups is 1. The molecule has 0 bridgehead atoms. The van der Waals surface area contributed by atoms with Gasteiger partial charge in [-0.1, -0.05) is 24.3 Å². The van der Waals surface area contributed by atoms with E-state index in [1.807, 2.05) is 24.3 Å². The summed E-state index contributed by atoms with van der Waals surface area (Å²) in [6.45, 7) is 1.97. The van der Waals surface area contributed by atoms with Gasteiger partial charge in [-0.15, -0.1) is 0 Å². The molecule has 1 aliphatic carbocycles. The van der Waals surface area contributed by atoms with E-state index in [-0.39, 0.29) is 6.61 Å². The maximum absolute atomic E-state index is 11.5. The Morgan fingerprint density at radius 3 is 2.33 bits per heavy atom. The molecule has 1 N–H and O–H groups in total. The molecule has 0 aliphatic heterocycles. The molecule has 1 aromatic carbocycles. The van der Waals surface area contributed by atoms with Gasteiger partial charge in [0.25, 0.3) is 0 Å². The number of hydrogen-bond donors (Lipinski definition) is 1. The summed E-state index contributed by atoms with van der Waals surface area (Å²) in [6.07, 6.45) is 3.03. The summed E-state index contributed by atoms with van der Waals surface area (Å²) in [5.41, 5.74) is -1.60. The van der Waals surface area contributed by atoms with Crippen molar-refractivity contribution in [2.75, 3.05) is 6.61 Å². The highest BCUT2D eigenvalue weighted by Gasteiger charge is 2.34. The summed E-state index contributed by atoms with van der Waals surface area (Å²) in [5.74, 6) is -0.624. The first kappa shape index (κ1) is 9.93. The zero-order valence-corrected chi connectivity index (χ0v) is 8.43. The normalized spacial score (nSPS) is 16.1. The van der Waals surface area contributed by atoms with Crippen LogP contribution in [0.3, 0.4) is 0 Å². The first-order valence-electron chi connectivity index (χ1n) is 4.86. The lowest BCUT2D eigenvalue weighted by Crippen LogP contribution is -2.34. The van der Waals surface area contributed by atoms with Crippen LogP contribution in [0.1, 0.15) is 6.92 Å². The number of hydrogen-bond acceptors (Lipinski definition) is 3. The summed E-state index contributed by atoms with van der Waals surface area (Å²) in [5, 5.41) is 11.7. The Morgan fingerprint density at radius 1 is 1.33 bits per heavy atom. The van der Waals surface area contributed by atoms with E-state index < -0.39 is 11.6 Å². The minimum Gasteiger partial charge on any atom is -0.463 e. The molecule has 1 aromatic rings. The average Bonchev–Trinajstić information content (AvgIpc) is 2.56. The Balaban J connectivity index is 2.45. The van der Waals surface area contributed by atoms with Crippen LogP contribution in [-0.4, -0.2) is 23.3 Å². The molecule has 0 saturated heterocycles. The summed E-state index contributed by atoms with van der Waals surface area (Å²) in [7, 11) is 0. The third-order valence-electron chi connectivity index (χ3n) is 2.35. The van der Waals surface area contributed by atoms with E-state index in [4.69, 9.17) is 4.74 Å². The summed E-state index contributed by atoms with van der Waals surface area (Å²) < 4.78 is 4.81. The van der Waals surface area contributed by atoms with Gasteiger partial charge in [-0.2, -0.15) is 0 Å². The van der Waals surface area contributed by atoms with E-state index in [1.54, 1.807) is 6.92 Å². The van der Waals surface area contributed by atoms with Crippen LogP contribution in [0.5, 0.6) is 0 Å². The van der Waals surface area contributed by atoms with Crippen LogP contribution in [0.15, 0.2) is 24.3 Å². The molecule has 2 rings (SSSR count). The summed E-state index contributed by atoms with van der Waals surface area (Å²) in [4.78, 5) is 11.5. The third-order valence-corrected chi connectivity index (χ3v) is 2.35. The lowest BCUT2D eigenvalue weighted by Gasteiger charge is -2.15. The predicted molar refractivity (Wildman–Crippen MR) is 56.2 cm³/mol. The van der Waals surface area contributed by atoms with Gasteiger partial charge in [0.05, 0.1) is 6.61 Å². The van der Waals surface area contributed by atoms with E-state index >= 15 is 0 Å². The average molecular weight is 204 g/mol. The Bertz CT molecular complexity index is 467. The number of rotatable bonds is 2. The van der Waals surface area contributed by atoms with E-state index in [0.717, 1.165) is 10.4 Å². The van der Waals surface area contributed by atoms with Crippen molar-refractivity contribution in [3.05, 3.63) is 34.7 Å². The molecule has 0 aromatic heterocycles. The van der Waals surface area contributed by atoms with Crippen LogP contribution in [0.4, 0.5) is 0 Å². The zero-order chi connectivity index (χ0) is 10.9. The van der Waals surface area contributed by atoms with Gasteiger partial charge in [-0.25, -0.2) is 4.79 Å². The number of carbonyl (C=O) groups is 1. The number of carbonyl (C=O) groups excluding carboxylic acids is 1. The van der Waals surface area contributed by atoms with Gasteiger partial charge in [0, 0.05) is 0 Å². The molecule has 0 fully saturated rings. The minimum atomic E-state index is -1.60. The predicted octanol–water partition coefficient (Wildman–Crippen LogP) is -0.445. The minimum absolute atomic E-state index is 0.263. The number of fused-ring (bicyclic) bond motifs is 1. The fourth-order valence-electron chi connectivity index (χ4n) is 1.65. The van der Waals surface area contributed by atoms with Crippen LogP contribution in [0.2, 0.25) is 0 Å². The zero-order valence-electron chi connectivity index (χ0n) is 8.43. The lowest BCUT2D eigenvalue weighted by molar-refractivity contribution is -0.153. The van der Waals surface area contributed by atoms with E-state index in [1.165, 1.54) is 12.2 Å². The van der Waals surface area contributed by atoms with Gasteiger partial charge >= 0.3 is 5.97 Å². The molecule has 3 heteroatoms. The molecule has 0 atom stereocenters. The van der Waals surface area contributed by atoms with Crippen LogP contribution >= 0.6 is 0 Å². The fraction of sp³-hybridized carbons (Fsp3) is 0.250. The largest absolute Gasteiger partial charge is 0.463 e. The maximum Gasteiger partial charge on any atom is 0.346 e. The van der Waals surface area contributed by atoms with E-state index in [2.05, 4.69) is 0 Å². The van der Waals surface area contributed by atoms with Crippen molar-refractivity contribution >= 4 is 18.1 Å². The number of ether oxygens (including phenoxy) is 1. The topological polar surface area (TPSA) is 46.5 Å². The smallest absolute Gasteiger partial charge is 0.346 e. The molecule has 0 unspecified atom stereocenters. The number of benzene rings is 1. The lowest BCUT2D eigenvalue weighted by atomic mass is 10.1. The standard InChI is InChI=1S/C12H12O3/c1-2-15-11(13)12(14)7-9-5-3-4-6-10(9)8-12/h3-8,14H,2H2,1H3. The second-order valence-corrected chi connectivity index (χ2v) is 3.46. The van der Waals surface area contributed by atoms with Crippen LogP contribution in [0, 0.1) is 0 Å². The molecular weight excluding hydrogens is 192 g/mol. The summed E-state index contributed by atoms with van der Waals surface area (Å²) in [6, 6.07) is 7.42. The maximum atomic E-state index is 11.5. The van der Waals surface area contributed by atoms with Gasteiger partial charge in [-0.3, -0.25) is 0 Å². The van der Waals surface area contributed by atoms with Crippen molar-refractivity contribution in [3.63, 3.8) is 0 Å². The number of esters is 1. The Kier molecular flexibility index (Phi) is 2.32. The van der Waals surface area contributed by atoms with Crippen molar-refractivity contribution in [1.29, 1.82) is 0 Å². The molecule has 0 heterocycles. The SMILES string of the molecule is CCOC(=O)C1(O)C=c2ccccc2=C1. The quantitative estimate of drug-likeness (QED) is 0.664. The van der Waals surface area contributed by atoms with Crippen LogP contribution < -0.4 is 10.4 Å². The molecule has 0 radical (unpaired) electrons.